The summed E-state index contributed by atoms with van der Waals surface area (Å²) >= 11 is 3.00. The van der Waals surface area contributed by atoms with Crippen LogP contribution in [-0.2, 0) is 9.63 Å². The molecule has 2 aromatic rings. The van der Waals surface area contributed by atoms with E-state index in [1.165, 1.54) is 6.07 Å². The monoisotopic (exact) mass is 396 g/mol. The van der Waals surface area contributed by atoms with E-state index in [-0.39, 0.29) is 22.3 Å². The van der Waals surface area contributed by atoms with Crippen LogP contribution in [0.15, 0.2) is 46.0 Å². The zero-order valence-corrected chi connectivity index (χ0v) is 13.7. The Morgan fingerprint density at radius 2 is 2.08 bits per heavy atom. The third-order valence-corrected chi connectivity index (χ3v) is 4.06. The molecule has 0 saturated heterocycles. The van der Waals surface area contributed by atoms with Crippen molar-refractivity contribution in [3.63, 3.8) is 0 Å². The van der Waals surface area contributed by atoms with E-state index in [9.17, 15) is 18.7 Å². The normalized spacial score (nSPS) is 16.5. The predicted molar refractivity (Wildman–Crippen MR) is 86.8 cm³/mol. The van der Waals surface area contributed by atoms with Gasteiger partial charge in [-0.15, -0.1) is 0 Å². The first-order valence-electron chi connectivity index (χ1n) is 6.92. The number of hydrogen-bond acceptors (Lipinski definition) is 4. The molecule has 0 radical (unpaired) electrons. The number of carbonyl (C=O) groups excluding carboxylic acids is 1. The number of phenols is 1. The quantitative estimate of drug-likeness (QED) is 0.832. The van der Waals surface area contributed by atoms with Crippen LogP contribution in [0.25, 0.3) is 0 Å². The fraction of sp³-hybridized carbons (Fsp3) is 0.125. The number of anilines is 1. The van der Waals surface area contributed by atoms with Gasteiger partial charge in [0.1, 0.15) is 11.6 Å². The highest BCUT2D eigenvalue weighted by Crippen LogP contribution is 2.28. The van der Waals surface area contributed by atoms with Crippen molar-refractivity contribution < 1.29 is 23.5 Å². The van der Waals surface area contributed by atoms with Crippen LogP contribution in [0.3, 0.4) is 0 Å². The molecular formula is C16H11BrF2N2O3. The first kappa shape index (κ1) is 16.4. The molecule has 1 aliphatic rings. The van der Waals surface area contributed by atoms with Crippen LogP contribution in [0.2, 0.25) is 0 Å². The lowest BCUT2D eigenvalue weighted by atomic mass is 10.0. The Kier molecular flexibility index (Phi) is 4.48. The number of hydrogen-bond donors (Lipinski definition) is 2. The molecule has 1 heterocycles. The van der Waals surface area contributed by atoms with Crippen molar-refractivity contribution in [1.82, 2.24) is 0 Å². The SMILES string of the molecule is O=C(Nc1c(F)cc(F)cc1Br)C1CC(c2ccccc2O)=NO1. The summed E-state index contributed by atoms with van der Waals surface area (Å²) in [6, 6.07) is 8.23. The second-order valence-corrected chi connectivity index (χ2v) is 5.94. The number of amides is 1. The van der Waals surface area contributed by atoms with E-state index in [0.717, 1.165) is 6.07 Å². The number of oxime groups is 1. The van der Waals surface area contributed by atoms with Gasteiger partial charge in [0.15, 0.2) is 5.82 Å². The number of phenolic OH excluding ortho intramolecular Hbond substituents is 1. The van der Waals surface area contributed by atoms with E-state index in [1.807, 2.05) is 0 Å². The highest BCUT2D eigenvalue weighted by atomic mass is 79.9. The Hall–Kier alpha value is -2.48. The van der Waals surface area contributed by atoms with Gasteiger partial charge in [-0.2, -0.15) is 0 Å². The number of aromatic hydroxyl groups is 1. The summed E-state index contributed by atoms with van der Waals surface area (Å²) < 4.78 is 26.9. The Morgan fingerprint density at radius 3 is 2.79 bits per heavy atom. The molecule has 0 aromatic heterocycles. The summed E-state index contributed by atoms with van der Waals surface area (Å²) in [4.78, 5) is 17.3. The molecule has 1 aliphatic heterocycles. The van der Waals surface area contributed by atoms with Gasteiger partial charge in [0.2, 0.25) is 6.10 Å². The first-order chi connectivity index (χ1) is 11.5. The molecule has 24 heavy (non-hydrogen) atoms. The highest BCUT2D eigenvalue weighted by molar-refractivity contribution is 9.10. The third-order valence-electron chi connectivity index (χ3n) is 3.43. The van der Waals surface area contributed by atoms with Gasteiger partial charge in [-0.3, -0.25) is 4.79 Å². The Labute approximate surface area is 144 Å². The molecule has 8 heteroatoms. The van der Waals surface area contributed by atoms with Gasteiger partial charge in [-0.05, 0) is 34.1 Å². The average Bonchev–Trinajstić information content (AvgIpc) is 3.01. The minimum Gasteiger partial charge on any atom is -0.507 e. The topological polar surface area (TPSA) is 70.9 Å². The van der Waals surface area contributed by atoms with E-state index < -0.39 is 23.6 Å². The zero-order valence-electron chi connectivity index (χ0n) is 12.1. The molecule has 0 fully saturated rings. The van der Waals surface area contributed by atoms with Crippen molar-refractivity contribution in [1.29, 1.82) is 0 Å². The molecule has 5 nitrogen and oxygen atoms in total. The molecule has 2 aromatic carbocycles. The molecule has 1 atom stereocenters. The Bertz CT molecular complexity index is 819. The fourth-order valence-corrected chi connectivity index (χ4v) is 2.77. The van der Waals surface area contributed by atoms with Gasteiger partial charge in [-0.1, -0.05) is 17.3 Å². The largest absolute Gasteiger partial charge is 0.507 e. The predicted octanol–water partition coefficient (Wildman–Crippen LogP) is 3.56. The van der Waals surface area contributed by atoms with Crippen LogP contribution in [-0.4, -0.2) is 22.8 Å². The number of benzene rings is 2. The lowest BCUT2D eigenvalue weighted by molar-refractivity contribution is -0.125. The summed E-state index contributed by atoms with van der Waals surface area (Å²) in [6.45, 7) is 0. The van der Waals surface area contributed by atoms with Crippen LogP contribution < -0.4 is 5.32 Å². The number of nitrogens with zero attached hydrogens (tertiary/aromatic N) is 1. The fourth-order valence-electron chi connectivity index (χ4n) is 2.26. The molecule has 1 unspecified atom stereocenters. The van der Waals surface area contributed by atoms with Crippen molar-refractivity contribution >= 4 is 33.2 Å². The van der Waals surface area contributed by atoms with Gasteiger partial charge >= 0.3 is 0 Å². The lowest BCUT2D eigenvalue weighted by Crippen LogP contribution is -2.28. The summed E-state index contributed by atoms with van der Waals surface area (Å²) in [5, 5.41) is 15.9. The lowest BCUT2D eigenvalue weighted by Gasteiger charge is -2.12. The van der Waals surface area contributed by atoms with Crippen molar-refractivity contribution in [2.75, 3.05) is 5.32 Å². The minimum absolute atomic E-state index is 0.0215. The van der Waals surface area contributed by atoms with E-state index in [4.69, 9.17) is 4.84 Å². The van der Waals surface area contributed by atoms with Gasteiger partial charge in [-0.25, -0.2) is 8.78 Å². The van der Waals surface area contributed by atoms with E-state index >= 15 is 0 Å². The average molecular weight is 397 g/mol. The molecule has 1 amide bonds. The van der Waals surface area contributed by atoms with E-state index in [1.54, 1.807) is 18.2 Å². The smallest absolute Gasteiger partial charge is 0.268 e. The summed E-state index contributed by atoms with van der Waals surface area (Å²) in [6.07, 6.45) is -0.861. The van der Waals surface area contributed by atoms with Crippen LogP contribution >= 0.6 is 15.9 Å². The standard InChI is InChI=1S/C16H11BrF2N2O3/c17-10-5-8(18)6-11(19)15(10)20-16(23)14-7-12(21-24-14)9-3-1-2-4-13(9)22/h1-6,14,22H,7H2,(H,20,23). The summed E-state index contributed by atoms with van der Waals surface area (Å²) in [5.74, 6) is -2.28. The minimum atomic E-state index is -0.976. The number of nitrogens with one attached hydrogen (secondary N) is 1. The number of para-hydroxylation sites is 1. The molecule has 3 rings (SSSR count). The zero-order chi connectivity index (χ0) is 17.3. The molecule has 0 bridgehead atoms. The van der Waals surface area contributed by atoms with E-state index in [0.29, 0.717) is 17.3 Å². The van der Waals surface area contributed by atoms with Crippen LogP contribution in [0.5, 0.6) is 5.75 Å². The van der Waals surface area contributed by atoms with Crippen LogP contribution in [0.4, 0.5) is 14.5 Å². The number of rotatable bonds is 3. The van der Waals surface area contributed by atoms with Crippen LogP contribution in [0.1, 0.15) is 12.0 Å². The number of carbonyl (C=O) groups is 1. The molecule has 2 N–H and O–H groups in total. The molecule has 0 saturated carbocycles. The molecular weight excluding hydrogens is 386 g/mol. The van der Waals surface area contributed by atoms with Crippen molar-refractivity contribution in [2.45, 2.75) is 12.5 Å². The van der Waals surface area contributed by atoms with Crippen LogP contribution in [0, 0.1) is 11.6 Å². The molecule has 0 spiro atoms. The third kappa shape index (κ3) is 3.23. The maximum Gasteiger partial charge on any atom is 0.268 e. The number of halogens is 3. The van der Waals surface area contributed by atoms with Gasteiger partial charge in [0.25, 0.3) is 5.91 Å². The van der Waals surface area contributed by atoms with Gasteiger partial charge < -0.3 is 15.3 Å². The summed E-state index contributed by atoms with van der Waals surface area (Å²) in [5.41, 5.74) is 0.690. The maximum absolute atomic E-state index is 13.8. The van der Waals surface area contributed by atoms with Crippen molar-refractivity contribution in [3.05, 3.63) is 58.1 Å². The maximum atomic E-state index is 13.8. The first-order valence-corrected chi connectivity index (χ1v) is 7.71. The second kappa shape index (κ2) is 6.56. The molecule has 124 valence electrons. The van der Waals surface area contributed by atoms with Crippen molar-refractivity contribution in [3.8, 4) is 5.75 Å². The Morgan fingerprint density at radius 1 is 1.33 bits per heavy atom. The summed E-state index contributed by atoms with van der Waals surface area (Å²) in [7, 11) is 0. The Balaban J connectivity index is 1.72. The van der Waals surface area contributed by atoms with Crippen molar-refractivity contribution in [2.24, 2.45) is 5.16 Å². The van der Waals surface area contributed by atoms with Gasteiger partial charge in [0.05, 0.1) is 11.4 Å². The second-order valence-electron chi connectivity index (χ2n) is 5.09. The van der Waals surface area contributed by atoms with E-state index in [2.05, 4.69) is 26.4 Å². The molecule has 0 aliphatic carbocycles. The highest BCUT2D eigenvalue weighted by Gasteiger charge is 2.30. The van der Waals surface area contributed by atoms with Gasteiger partial charge in [0, 0.05) is 22.5 Å².